The predicted molar refractivity (Wildman–Crippen MR) is 102 cm³/mol. The van der Waals surface area contributed by atoms with Crippen LogP contribution in [-0.4, -0.2) is 69.4 Å². The highest BCUT2D eigenvalue weighted by atomic mass is 32.2. The standard InChI is InChI=1S/C9H16O4S.C9H16O2S/c1-14(10,11)8-2-4-9(5-3-8)12-6-7-13-9;1-12-8-2-4-9(5-3-8)10-6-7-11-9/h8H,2-7H2,1H3;8H,2-7H2,1H3. The molecule has 0 aromatic rings. The van der Waals surface area contributed by atoms with E-state index in [4.69, 9.17) is 18.9 Å². The minimum atomic E-state index is -2.88. The monoisotopic (exact) mass is 408 g/mol. The van der Waals surface area contributed by atoms with E-state index < -0.39 is 15.6 Å². The number of rotatable bonds is 2. The molecule has 0 amide bonds. The Morgan fingerprint density at radius 1 is 0.769 bits per heavy atom. The fourth-order valence-corrected chi connectivity index (χ4v) is 6.10. The van der Waals surface area contributed by atoms with E-state index in [0.29, 0.717) is 38.9 Å². The van der Waals surface area contributed by atoms with Crippen LogP contribution in [0.25, 0.3) is 0 Å². The van der Waals surface area contributed by atoms with Gasteiger partial charge in [-0.05, 0) is 31.9 Å². The molecule has 0 aromatic heterocycles. The Morgan fingerprint density at radius 3 is 1.50 bits per heavy atom. The van der Waals surface area contributed by atoms with Crippen LogP contribution in [-0.2, 0) is 28.8 Å². The normalized spacial score (nSPS) is 31.1. The van der Waals surface area contributed by atoms with Crippen molar-refractivity contribution in [3.8, 4) is 0 Å². The Morgan fingerprint density at radius 2 is 1.15 bits per heavy atom. The number of hydrogen-bond donors (Lipinski definition) is 0. The fraction of sp³-hybridized carbons (Fsp3) is 1.00. The summed E-state index contributed by atoms with van der Waals surface area (Å²) in [7, 11) is -2.88. The molecule has 0 bridgehead atoms. The van der Waals surface area contributed by atoms with E-state index in [-0.39, 0.29) is 11.0 Å². The van der Waals surface area contributed by atoms with Crippen LogP contribution in [0.15, 0.2) is 0 Å². The number of sulfone groups is 1. The molecule has 8 heteroatoms. The Kier molecular flexibility index (Phi) is 6.95. The number of thioether (sulfide) groups is 1. The first-order valence-electron chi connectivity index (χ1n) is 9.64. The van der Waals surface area contributed by atoms with E-state index in [1.807, 2.05) is 11.8 Å². The minimum Gasteiger partial charge on any atom is -0.348 e. The third kappa shape index (κ3) is 5.14. The van der Waals surface area contributed by atoms with Crippen molar-refractivity contribution in [1.29, 1.82) is 0 Å². The molecule has 152 valence electrons. The maximum Gasteiger partial charge on any atom is 0.168 e. The summed E-state index contributed by atoms with van der Waals surface area (Å²) in [6.07, 6.45) is 11.0. The lowest BCUT2D eigenvalue weighted by Gasteiger charge is -2.34. The van der Waals surface area contributed by atoms with Crippen LogP contribution in [0.4, 0.5) is 0 Å². The van der Waals surface area contributed by atoms with E-state index in [1.165, 1.54) is 19.1 Å². The molecule has 2 aliphatic heterocycles. The summed E-state index contributed by atoms with van der Waals surface area (Å²) >= 11 is 1.98. The molecule has 0 aromatic carbocycles. The lowest BCUT2D eigenvalue weighted by Crippen LogP contribution is -2.39. The second-order valence-electron chi connectivity index (χ2n) is 7.68. The van der Waals surface area contributed by atoms with E-state index in [2.05, 4.69) is 6.26 Å². The first-order valence-corrected chi connectivity index (χ1v) is 12.9. The second-order valence-corrected chi connectivity index (χ2v) is 11.1. The highest BCUT2D eigenvalue weighted by Crippen LogP contribution is 2.39. The molecule has 26 heavy (non-hydrogen) atoms. The van der Waals surface area contributed by atoms with Crippen molar-refractivity contribution in [2.75, 3.05) is 38.9 Å². The lowest BCUT2D eigenvalue weighted by molar-refractivity contribution is -0.176. The average molecular weight is 409 g/mol. The van der Waals surface area contributed by atoms with Crippen LogP contribution >= 0.6 is 11.8 Å². The fourth-order valence-electron chi connectivity index (χ4n) is 4.30. The van der Waals surface area contributed by atoms with Crippen molar-refractivity contribution in [2.45, 2.75) is 73.4 Å². The Labute approximate surface area is 161 Å². The van der Waals surface area contributed by atoms with E-state index in [0.717, 1.165) is 31.3 Å². The highest BCUT2D eigenvalue weighted by Gasteiger charge is 2.42. The smallest absolute Gasteiger partial charge is 0.168 e. The molecule has 4 fully saturated rings. The minimum absolute atomic E-state index is 0.160. The molecule has 6 nitrogen and oxygen atoms in total. The molecule has 0 N–H and O–H groups in total. The molecule has 4 rings (SSSR count). The zero-order chi connectivity index (χ0) is 18.7. The zero-order valence-corrected chi connectivity index (χ0v) is 17.5. The van der Waals surface area contributed by atoms with Gasteiger partial charge < -0.3 is 18.9 Å². The van der Waals surface area contributed by atoms with Gasteiger partial charge in [-0.2, -0.15) is 11.8 Å². The van der Waals surface area contributed by atoms with Gasteiger partial charge in [0.15, 0.2) is 11.6 Å². The number of ether oxygens (including phenoxy) is 4. The summed E-state index contributed by atoms with van der Waals surface area (Å²) in [5.41, 5.74) is 0. The summed E-state index contributed by atoms with van der Waals surface area (Å²) < 4.78 is 45.0. The molecule has 2 heterocycles. The summed E-state index contributed by atoms with van der Waals surface area (Å²) in [6.45, 7) is 2.88. The van der Waals surface area contributed by atoms with Gasteiger partial charge in [0, 0.05) is 37.2 Å². The van der Waals surface area contributed by atoms with Crippen LogP contribution in [0.3, 0.4) is 0 Å². The molecule has 2 spiro atoms. The molecule has 4 aliphatic rings. The largest absolute Gasteiger partial charge is 0.348 e. The average Bonchev–Trinajstić information content (AvgIpc) is 3.26. The molecule has 2 saturated carbocycles. The molecule has 0 atom stereocenters. The van der Waals surface area contributed by atoms with Gasteiger partial charge in [-0.3, -0.25) is 0 Å². The lowest BCUT2D eigenvalue weighted by atomic mass is 9.94. The predicted octanol–water partition coefficient (Wildman–Crippen LogP) is 2.75. The van der Waals surface area contributed by atoms with Crippen LogP contribution in [0.1, 0.15) is 51.4 Å². The summed E-state index contributed by atoms with van der Waals surface area (Å²) in [5, 5.41) is 0.643. The number of hydrogen-bond acceptors (Lipinski definition) is 7. The molecule has 0 radical (unpaired) electrons. The zero-order valence-electron chi connectivity index (χ0n) is 15.9. The maximum absolute atomic E-state index is 11.3. The van der Waals surface area contributed by atoms with E-state index >= 15 is 0 Å². The van der Waals surface area contributed by atoms with Crippen molar-refractivity contribution in [1.82, 2.24) is 0 Å². The summed E-state index contributed by atoms with van der Waals surface area (Å²) in [4.78, 5) is 0. The maximum atomic E-state index is 11.3. The van der Waals surface area contributed by atoms with Gasteiger partial charge in [0.1, 0.15) is 9.84 Å². The molecule has 2 saturated heterocycles. The van der Waals surface area contributed by atoms with Crippen molar-refractivity contribution < 1.29 is 27.4 Å². The SMILES string of the molecule is CS(=O)(=O)C1CCC2(CC1)OCCO2.CSC1CCC2(CC1)OCCO2. The molecule has 0 unspecified atom stereocenters. The third-order valence-electron chi connectivity index (χ3n) is 5.95. The van der Waals surface area contributed by atoms with Gasteiger partial charge in [0.2, 0.25) is 0 Å². The van der Waals surface area contributed by atoms with Crippen LogP contribution in [0, 0.1) is 0 Å². The van der Waals surface area contributed by atoms with Crippen molar-refractivity contribution >= 4 is 21.6 Å². The van der Waals surface area contributed by atoms with Gasteiger partial charge in [-0.25, -0.2) is 8.42 Å². The Bertz CT molecular complexity index is 532. The Hall–Kier alpha value is 0.140. The molecular weight excluding hydrogens is 376 g/mol. The summed E-state index contributed by atoms with van der Waals surface area (Å²) in [6, 6.07) is 0. The van der Waals surface area contributed by atoms with Crippen molar-refractivity contribution in [3.05, 3.63) is 0 Å². The van der Waals surface area contributed by atoms with Gasteiger partial charge >= 0.3 is 0 Å². The molecular formula is C18H32O6S2. The van der Waals surface area contributed by atoms with Crippen LogP contribution in [0.5, 0.6) is 0 Å². The first kappa shape index (κ1) is 20.9. The summed E-state index contributed by atoms with van der Waals surface area (Å²) in [5.74, 6) is -0.604. The topological polar surface area (TPSA) is 71.1 Å². The molecule has 2 aliphatic carbocycles. The van der Waals surface area contributed by atoms with Gasteiger partial charge in [-0.1, -0.05) is 0 Å². The van der Waals surface area contributed by atoms with Crippen LogP contribution in [0.2, 0.25) is 0 Å². The van der Waals surface area contributed by atoms with Crippen molar-refractivity contribution in [3.63, 3.8) is 0 Å². The van der Waals surface area contributed by atoms with E-state index in [9.17, 15) is 8.42 Å². The van der Waals surface area contributed by atoms with Gasteiger partial charge in [0.25, 0.3) is 0 Å². The van der Waals surface area contributed by atoms with Gasteiger partial charge in [0.05, 0.1) is 31.7 Å². The van der Waals surface area contributed by atoms with Gasteiger partial charge in [-0.15, -0.1) is 0 Å². The van der Waals surface area contributed by atoms with E-state index in [1.54, 1.807) is 0 Å². The first-order chi connectivity index (χ1) is 12.4. The Balaban J connectivity index is 0.000000152. The third-order valence-corrected chi connectivity index (χ3v) is 8.78. The second kappa shape index (κ2) is 8.66. The quantitative estimate of drug-likeness (QED) is 0.696. The highest BCUT2D eigenvalue weighted by molar-refractivity contribution is 7.99. The van der Waals surface area contributed by atoms with Crippen LogP contribution < -0.4 is 0 Å². The van der Waals surface area contributed by atoms with Crippen molar-refractivity contribution in [2.24, 2.45) is 0 Å².